The monoisotopic (exact) mass is 413 g/mol. The molecule has 0 radical (unpaired) electrons. The van der Waals surface area contributed by atoms with E-state index in [-0.39, 0.29) is 17.8 Å². The Morgan fingerprint density at radius 1 is 1.10 bits per heavy atom. The molecule has 4 rings (SSSR count). The van der Waals surface area contributed by atoms with Gasteiger partial charge in [0.25, 0.3) is 0 Å². The van der Waals surface area contributed by atoms with Gasteiger partial charge in [0.15, 0.2) is 0 Å². The molecule has 0 amide bonds. The van der Waals surface area contributed by atoms with E-state index in [1.54, 1.807) is 20.4 Å². The Kier molecular flexibility index (Phi) is 5.84. The summed E-state index contributed by atoms with van der Waals surface area (Å²) >= 11 is 0. The van der Waals surface area contributed by atoms with Crippen LogP contribution in [-0.4, -0.2) is 54.4 Å². The van der Waals surface area contributed by atoms with E-state index in [1.807, 2.05) is 6.07 Å². The van der Waals surface area contributed by atoms with Gasteiger partial charge in [-0.25, -0.2) is 4.98 Å². The van der Waals surface area contributed by atoms with Gasteiger partial charge < -0.3 is 19.3 Å². The molecule has 2 atom stereocenters. The van der Waals surface area contributed by atoms with Crippen molar-refractivity contribution in [3.05, 3.63) is 41.1 Å². The third kappa shape index (κ3) is 3.61. The molecule has 30 heavy (non-hydrogen) atoms. The summed E-state index contributed by atoms with van der Waals surface area (Å²) in [5.74, 6) is 1.49. The van der Waals surface area contributed by atoms with Crippen molar-refractivity contribution in [2.75, 3.05) is 34.4 Å². The predicted molar refractivity (Wildman–Crippen MR) is 113 cm³/mol. The lowest BCUT2D eigenvalue weighted by atomic mass is 9.63. The number of piperidine rings is 1. The summed E-state index contributed by atoms with van der Waals surface area (Å²) in [5, 5.41) is 12.0. The molecule has 1 aliphatic heterocycles. The normalized spacial score (nSPS) is 26.3. The summed E-state index contributed by atoms with van der Waals surface area (Å²) in [4.78, 5) is 11.0. The summed E-state index contributed by atoms with van der Waals surface area (Å²) in [6.45, 7) is 4.52. The average molecular weight is 414 g/mol. The molecule has 162 valence electrons. The van der Waals surface area contributed by atoms with Crippen LogP contribution in [0.1, 0.15) is 36.0 Å². The summed E-state index contributed by atoms with van der Waals surface area (Å²) in [5.41, 5.74) is 2.09. The van der Waals surface area contributed by atoms with E-state index in [0.29, 0.717) is 11.4 Å². The van der Waals surface area contributed by atoms with Crippen LogP contribution in [0.5, 0.6) is 17.6 Å². The van der Waals surface area contributed by atoms with Gasteiger partial charge in [0.05, 0.1) is 26.9 Å². The number of aliphatic hydroxyl groups is 1. The van der Waals surface area contributed by atoms with Crippen molar-refractivity contribution in [2.45, 2.75) is 38.3 Å². The van der Waals surface area contributed by atoms with Crippen LogP contribution in [-0.2, 0) is 12.1 Å². The van der Waals surface area contributed by atoms with Gasteiger partial charge in [0.2, 0.25) is 5.88 Å². The highest BCUT2D eigenvalue weighted by atomic mass is 16.5. The lowest BCUT2D eigenvalue weighted by Crippen LogP contribution is -2.58. The number of hydrogen-bond donors (Lipinski definition) is 1. The minimum Gasteiger partial charge on any atom is -0.496 e. The highest BCUT2D eigenvalue weighted by Crippen LogP contribution is 2.51. The molecule has 2 bridgehead atoms. The fourth-order valence-corrected chi connectivity index (χ4v) is 5.26. The summed E-state index contributed by atoms with van der Waals surface area (Å²) in [6, 6.07) is 6.54. The van der Waals surface area contributed by atoms with E-state index in [1.165, 1.54) is 18.2 Å². The Morgan fingerprint density at radius 3 is 2.47 bits per heavy atom. The van der Waals surface area contributed by atoms with Crippen LogP contribution in [0, 0.1) is 18.8 Å². The molecule has 1 aliphatic carbocycles. The number of ether oxygens (including phenoxy) is 3. The number of aromatic nitrogens is 2. The zero-order chi connectivity index (χ0) is 21.3. The third-order valence-corrected chi connectivity index (χ3v) is 6.68. The van der Waals surface area contributed by atoms with E-state index in [4.69, 9.17) is 14.2 Å². The molecular formula is C23H31N3O4. The SMILES string of the molecule is COc1ncc(C2(O)[C@H]3CCC[C@H]2CN(Cc2cc(C)ccc2OC)C3)c(OC)n1. The number of aryl methyl sites for hydroxylation is 1. The minimum absolute atomic E-state index is 0.0895. The first kappa shape index (κ1) is 20.9. The van der Waals surface area contributed by atoms with Crippen LogP contribution in [0.4, 0.5) is 0 Å². The largest absolute Gasteiger partial charge is 0.496 e. The molecule has 2 aliphatic rings. The van der Waals surface area contributed by atoms with Crippen molar-refractivity contribution in [3.63, 3.8) is 0 Å². The van der Waals surface area contributed by atoms with Crippen LogP contribution in [0.2, 0.25) is 0 Å². The first-order chi connectivity index (χ1) is 14.5. The number of nitrogens with zero attached hydrogens (tertiary/aromatic N) is 3. The van der Waals surface area contributed by atoms with E-state index in [9.17, 15) is 5.11 Å². The number of likely N-dealkylation sites (tertiary alicyclic amines) is 1. The van der Waals surface area contributed by atoms with Crippen molar-refractivity contribution in [1.29, 1.82) is 0 Å². The molecule has 2 aromatic rings. The van der Waals surface area contributed by atoms with Crippen molar-refractivity contribution < 1.29 is 19.3 Å². The summed E-state index contributed by atoms with van der Waals surface area (Å²) in [6.07, 6.45) is 4.72. The Bertz CT molecular complexity index is 890. The first-order valence-electron chi connectivity index (χ1n) is 10.5. The number of hydrogen-bond acceptors (Lipinski definition) is 7. The summed E-state index contributed by atoms with van der Waals surface area (Å²) < 4.78 is 16.2. The van der Waals surface area contributed by atoms with Crippen LogP contribution in [0.3, 0.4) is 0 Å². The maximum absolute atomic E-state index is 12.0. The average Bonchev–Trinajstić information content (AvgIpc) is 2.74. The van der Waals surface area contributed by atoms with Gasteiger partial charge in [-0.1, -0.05) is 24.1 Å². The Labute approximate surface area is 178 Å². The molecule has 7 heteroatoms. The number of fused-ring (bicyclic) bond motifs is 2. The zero-order valence-electron chi connectivity index (χ0n) is 18.2. The van der Waals surface area contributed by atoms with E-state index in [2.05, 4.69) is 33.9 Å². The van der Waals surface area contributed by atoms with Crippen LogP contribution >= 0.6 is 0 Å². The van der Waals surface area contributed by atoms with Gasteiger partial charge in [-0.15, -0.1) is 0 Å². The van der Waals surface area contributed by atoms with Gasteiger partial charge in [-0.05, 0) is 25.8 Å². The molecule has 1 aromatic carbocycles. The van der Waals surface area contributed by atoms with Gasteiger partial charge in [0, 0.05) is 43.2 Å². The highest BCUT2D eigenvalue weighted by Gasteiger charge is 2.53. The number of rotatable bonds is 6. The van der Waals surface area contributed by atoms with E-state index < -0.39 is 5.60 Å². The Morgan fingerprint density at radius 2 is 1.83 bits per heavy atom. The molecule has 0 spiro atoms. The van der Waals surface area contributed by atoms with Crippen molar-refractivity contribution in [2.24, 2.45) is 11.8 Å². The molecule has 1 saturated carbocycles. The number of benzene rings is 1. The van der Waals surface area contributed by atoms with Gasteiger partial charge in [0.1, 0.15) is 11.4 Å². The highest BCUT2D eigenvalue weighted by molar-refractivity contribution is 5.37. The maximum atomic E-state index is 12.0. The van der Waals surface area contributed by atoms with Crippen LogP contribution < -0.4 is 14.2 Å². The van der Waals surface area contributed by atoms with Crippen molar-refractivity contribution >= 4 is 0 Å². The standard InChI is InChI=1S/C23H31N3O4/c1-15-8-9-20(28-2)16(10-15)12-26-13-17-6-5-7-18(14-26)23(17,27)19-11-24-22(30-4)25-21(19)29-3/h8-11,17-18,27H,5-7,12-14H2,1-4H3/t17-,18-/m0/s1. The molecule has 2 heterocycles. The minimum atomic E-state index is -0.997. The number of methoxy groups -OCH3 is 3. The fraction of sp³-hybridized carbons (Fsp3) is 0.565. The van der Waals surface area contributed by atoms with Gasteiger partial charge in [-0.3, -0.25) is 4.90 Å². The van der Waals surface area contributed by atoms with Crippen LogP contribution in [0.15, 0.2) is 24.4 Å². The second kappa shape index (κ2) is 8.40. The molecular weight excluding hydrogens is 382 g/mol. The topological polar surface area (TPSA) is 76.9 Å². The molecule has 7 nitrogen and oxygen atoms in total. The second-order valence-electron chi connectivity index (χ2n) is 8.44. The quantitative estimate of drug-likeness (QED) is 0.780. The van der Waals surface area contributed by atoms with Gasteiger partial charge >= 0.3 is 6.01 Å². The summed E-state index contributed by atoms with van der Waals surface area (Å²) in [7, 11) is 4.81. The van der Waals surface area contributed by atoms with Crippen LogP contribution in [0.25, 0.3) is 0 Å². The van der Waals surface area contributed by atoms with Gasteiger partial charge in [-0.2, -0.15) is 4.98 Å². The molecule has 0 unspecified atom stereocenters. The zero-order valence-corrected chi connectivity index (χ0v) is 18.2. The Balaban J connectivity index is 1.62. The second-order valence-corrected chi connectivity index (χ2v) is 8.44. The molecule has 1 N–H and O–H groups in total. The molecule has 2 fully saturated rings. The Hall–Kier alpha value is -2.38. The smallest absolute Gasteiger partial charge is 0.319 e. The molecule has 1 aromatic heterocycles. The third-order valence-electron chi connectivity index (χ3n) is 6.68. The first-order valence-corrected chi connectivity index (χ1v) is 10.5. The lowest BCUT2D eigenvalue weighted by molar-refractivity contribution is -0.149. The lowest BCUT2D eigenvalue weighted by Gasteiger charge is -2.53. The maximum Gasteiger partial charge on any atom is 0.319 e. The predicted octanol–water partition coefficient (Wildman–Crippen LogP) is 2.93. The molecule has 1 saturated heterocycles. The van der Waals surface area contributed by atoms with Crippen molar-refractivity contribution in [1.82, 2.24) is 14.9 Å². The van der Waals surface area contributed by atoms with E-state index in [0.717, 1.165) is 44.6 Å². The van der Waals surface area contributed by atoms with Crippen molar-refractivity contribution in [3.8, 4) is 17.6 Å². The fourth-order valence-electron chi connectivity index (χ4n) is 5.26. The van der Waals surface area contributed by atoms with E-state index >= 15 is 0 Å².